The van der Waals surface area contributed by atoms with Crippen molar-refractivity contribution in [3.63, 3.8) is 0 Å². The number of aryl methyl sites for hydroxylation is 1. The molecule has 2 fully saturated rings. The second-order valence-electron chi connectivity index (χ2n) is 9.49. The van der Waals surface area contributed by atoms with Crippen molar-refractivity contribution in [3.05, 3.63) is 40.3 Å². The number of aromatic nitrogens is 2. The highest BCUT2D eigenvalue weighted by Crippen LogP contribution is 2.54. The van der Waals surface area contributed by atoms with Crippen LogP contribution in [0.1, 0.15) is 47.7 Å². The Balaban J connectivity index is 1.50. The molecule has 0 bridgehead atoms. The number of hydrogen-bond donors (Lipinski definition) is 4. The minimum absolute atomic E-state index is 0.0744. The average molecular weight is 515 g/mol. The van der Waals surface area contributed by atoms with Crippen molar-refractivity contribution in [2.75, 3.05) is 29.2 Å². The topological polar surface area (TPSA) is 148 Å². The molecule has 1 aromatic carbocycles. The zero-order chi connectivity index (χ0) is 24.8. The van der Waals surface area contributed by atoms with Crippen LogP contribution in [0.25, 0.3) is 0 Å². The molecule has 186 valence electrons. The van der Waals surface area contributed by atoms with E-state index in [2.05, 4.69) is 10.4 Å². The number of nitrogen functional groups attached to an aromatic ring is 1. The van der Waals surface area contributed by atoms with E-state index in [1.807, 2.05) is 0 Å². The Morgan fingerprint density at radius 3 is 2.59 bits per heavy atom. The normalized spacial score (nSPS) is 26.6. The summed E-state index contributed by atoms with van der Waals surface area (Å²) < 4.78 is 39.1. The predicted octanol–water partition coefficient (Wildman–Crippen LogP) is 2.09. The van der Waals surface area contributed by atoms with Gasteiger partial charge in [-0.2, -0.15) is 5.10 Å². The molecule has 5 N–H and O–H groups in total. The fourth-order valence-electron chi connectivity index (χ4n) is 5.58. The zero-order valence-electron chi connectivity index (χ0n) is 18.7. The quantitative estimate of drug-likeness (QED) is 0.442. The number of hydrogen-bond acceptors (Lipinski definition) is 7. The highest BCUT2D eigenvalue weighted by molar-refractivity contribution is 7.91. The molecule has 9 nitrogen and oxygen atoms in total. The molecule has 4 rings (SSSR count). The van der Waals surface area contributed by atoms with Crippen LogP contribution < -0.4 is 11.1 Å². The number of benzene rings is 1. The van der Waals surface area contributed by atoms with Crippen LogP contribution >= 0.6 is 11.6 Å². The summed E-state index contributed by atoms with van der Waals surface area (Å²) in [5.74, 6) is -1.49. The Labute approximate surface area is 202 Å². The number of nitrogens with one attached hydrogen (secondary N) is 1. The lowest BCUT2D eigenvalue weighted by Gasteiger charge is -2.24. The van der Waals surface area contributed by atoms with Gasteiger partial charge in [0.1, 0.15) is 17.2 Å². The molecular formula is C22H28ClFN4O5S. The van der Waals surface area contributed by atoms with E-state index in [4.69, 9.17) is 22.4 Å². The van der Waals surface area contributed by atoms with Gasteiger partial charge < -0.3 is 21.3 Å². The number of aliphatic hydroxyl groups is 2. The molecule has 0 saturated heterocycles. The summed E-state index contributed by atoms with van der Waals surface area (Å²) in [6.45, 7) is -0.469. The molecule has 3 unspecified atom stereocenters. The third-order valence-electron chi connectivity index (χ3n) is 6.93. The number of rotatable bonds is 7. The SMILES string of the molecule is Cn1nc(C2CC3CC(O)(CS(=O)(=O)CCO)C[C@@H]3C2)c(C(=O)Nc2ccc(F)c(Cl)c2)c1N. The molecule has 1 aromatic heterocycles. The number of aliphatic hydroxyl groups excluding tert-OH is 1. The van der Waals surface area contributed by atoms with Gasteiger partial charge in [0.2, 0.25) is 0 Å². The lowest BCUT2D eigenvalue weighted by atomic mass is 9.92. The Morgan fingerprint density at radius 1 is 1.35 bits per heavy atom. The molecule has 2 saturated carbocycles. The summed E-state index contributed by atoms with van der Waals surface area (Å²) in [5, 5.41) is 26.9. The molecule has 1 heterocycles. The van der Waals surface area contributed by atoms with Crippen LogP contribution in [-0.4, -0.2) is 58.0 Å². The Hall–Kier alpha value is -2.21. The lowest BCUT2D eigenvalue weighted by molar-refractivity contribution is 0.0611. The van der Waals surface area contributed by atoms with Gasteiger partial charge in [-0.3, -0.25) is 9.48 Å². The van der Waals surface area contributed by atoms with Crippen LogP contribution in [0.5, 0.6) is 0 Å². The molecule has 4 atom stereocenters. The van der Waals surface area contributed by atoms with Gasteiger partial charge in [-0.25, -0.2) is 12.8 Å². The lowest BCUT2D eigenvalue weighted by Crippen LogP contribution is -2.36. The zero-order valence-corrected chi connectivity index (χ0v) is 20.2. The van der Waals surface area contributed by atoms with E-state index in [1.165, 1.54) is 16.8 Å². The summed E-state index contributed by atoms with van der Waals surface area (Å²) in [4.78, 5) is 13.1. The summed E-state index contributed by atoms with van der Waals surface area (Å²) in [7, 11) is -1.90. The molecule has 1 amide bonds. The van der Waals surface area contributed by atoms with E-state index < -0.39 is 33.8 Å². The molecule has 12 heteroatoms. The van der Waals surface area contributed by atoms with Crippen molar-refractivity contribution in [2.45, 2.75) is 37.2 Å². The summed E-state index contributed by atoms with van der Waals surface area (Å²) in [6, 6.07) is 3.87. The van der Waals surface area contributed by atoms with Crippen LogP contribution in [0.2, 0.25) is 5.02 Å². The van der Waals surface area contributed by atoms with E-state index >= 15 is 0 Å². The number of carbonyl (C=O) groups excluding carboxylic acids is 1. The first-order valence-corrected chi connectivity index (χ1v) is 13.2. The van der Waals surface area contributed by atoms with Crippen LogP contribution in [0, 0.1) is 17.7 Å². The smallest absolute Gasteiger partial charge is 0.261 e. The highest BCUT2D eigenvalue weighted by atomic mass is 35.5. The van der Waals surface area contributed by atoms with Crippen molar-refractivity contribution in [1.82, 2.24) is 9.78 Å². The second-order valence-corrected chi connectivity index (χ2v) is 12.1. The van der Waals surface area contributed by atoms with E-state index in [1.54, 1.807) is 7.05 Å². The number of amides is 1. The van der Waals surface area contributed by atoms with Crippen molar-refractivity contribution in [3.8, 4) is 0 Å². The van der Waals surface area contributed by atoms with Gasteiger partial charge in [0.05, 0.1) is 34.4 Å². The highest BCUT2D eigenvalue weighted by Gasteiger charge is 2.51. The minimum atomic E-state index is -3.54. The first-order chi connectivity index (χ1) is 15.9. The number of carbonyl (C=O) groups is 1. The molecule has 0 spiro atoms. The van der Waals surface area contributed by atoms with Gasteiger partial charge in [0.15, 0.2) is 9.84 Å². The monoisotopic (exact) mass is 514 g/mol. The predicted molar refractivity (Wildman–Crippen MR) is 126 cm³/mol. The van der Waals surface area contributed by atoms with Gasteiger partial charge in [0.25, 0.3) is 5.91 Å². The molecule has 0 radical (unpaired) electrons. The van der Waals surface area contributed by atoms with Gasteiger partial charge in [-0.15, -0.1) is 0 Å². The maximum Gasteiger partial charge on any atom is 0.261 e. The third kappa shape index (κ3) is 4.93. The first-order valence-electron chi connectivity index (χ1n) is 11.0. The van der Waals surface area contributed by atoms with Crippen molar-refractivity contribution < 1.29 is 27.8 Å². The number of nitrogens with two attached hydrogens (primary N) is 1. The summed E-state index contributed by atoms with van der Waals surface area (Å²) >= 11 is 5.81. The van der Waals surface area contributed by atoms with E-state index in [9.17, 15) is 22.7 Å². The van der Waals surface area contributed by atoms with Crippen LogP contribution in [0.15, 0.2) is 18.2 Å². The summed E-state index contributed by atoms with van der Waals surface area (Å²) in [5.41, 5.74) is 5.98. The van der Waals surface area contributed by atoms with Crippen molar-refractivity contribution >= 4 is 38.9 Å². The van der Waals surface area contributed by atoms with Crippen LogP contribution in [0.3, 0.4) is 0 Å². The van der Waals surface area contributed by atoms with Gasteiger partial charge in [-0.05, 0) is 55.7 Å². The van der Waals surface area contributed by atoms with Crippen LogP contribution in [0.4, 0.5) is 15.9 Å². The van der Waals surface area contributed by atoms with E-state index in [0.717, 1.165) is 6.07 Å². The summed E-state index contributed by atoms with van der Waals surface area (Å²) in [6.07, 6.45) is 1.98. The molecule has 2 aromatic rings. The number of halogens is 2. The maximum absolute atomic E-state index is 13.5. The first kappa shape index (κ1) is 24.9. The number of sulfone groups is 1. The van der Waals surface area contributed by atoms with Crippen molar-refractivity contribution in [1.29, 1.82) is 0 Å². The van der Waals surface area contributed by atoms with Crippen molar-refractivity contribution in [2.24, 2.45) is 18.9 Å². The number of nitrogens with zero attached hydrogens (tertiary/aromatic N) is 2. The average Bonchev–Trinajstić information content (AvgIpc) is 3.33. The largest absolute Gasteiger partial charge is 0.395 e. The minimum Gasteiger partial charge on any atom is -0.395 e. The molecule has 2 aliphatic carbocycles. The second kappa shape index (κ2) is 9.10. The fourth-order valence-corrected chi connectivity index (χ4v) is 7.24. The molecule has 2 aliphatic rings. The molecular weight excluding hydrogens is 487 g/mol. The Kier molecular flexibility index (Phi) is 6.67. The number of fused-ring (bicyclic) bond motifs is 1. The fraction of sp³-hybridized carbons (Fsp3) is 0.545. The van der Waals surface area contributed by atoms with Gasteiger partial charge in [0, 0.05) is 18.7 Å². The third-order valence-corrected chi connectivity index (χ3v) is 9.00. The maximum atomic E-state index is 13.5. The molecule has 34 heavy (non-hydrogen) atoms. The van der Waals surface area contributed by atoms with Gasteiger partial charge in [-0.1, -0.05) is 11.6 Å². The van der Waals surface area contributed by atoms with Gasteiger partial charge >= 0.3 is 0 Å². The van der Waals surface area contributed by atoms with E-state index in [-0.39, 0.29) is 45.7 Å². The Bertz CT molecular complexity index is 1200. The number of anilines is 2. The van der Waals surface area contributed by atoms with Crippen LogP contribution in [-0.2, 0) is 16.9 Å². The Morgan fingerprint density at radius 2 is 2.00 bits per heavy atom. The molecule has 0 aliphatic heterocycles. The standard InChI is InChI=1S/C22H28ClFN4O5S/c1-28-20(25)18(21(30)26-15-2-3-17(24)16(23)8-15)19(27-28)12-6-13-9-22(31,10-14(13)7-12)11-34(32,33)5-4-29/h2-3,8,12-14,29,31H,4-7,9-11,25H2,1H3,(H,26,30)/t12?,13-,14?,22?/m0/s1. The van der Waals surface area contributed by atoms with E-state index in [0.29, 0.717) is 37.1 Å².